The fourth-order valence-corrected chi connectivity index (χ4v) is 1.27. The van der Waals surface area contributed by atoms with Gasteiger partial charge in [0, 0.05) is 12.0 Å². The standard InChI is InChI=1S/C8H13NO/c1-8(2)6-10-4-3-7(8)5-9/h7H,3-4,6H2,1-2H3. The Morgan fingerprint density at radius 1 is 1.60 bits per heavy atom. The van der Waals surface area contributed by atoms with E-state index in [1.165, 1.54) is 0 Å². The minimum Gasteiger partial charge on any atom is -0.381 e. The van der Waals surface area contributed by atoms with Crippen molar-refractivity contribution in [2.75, 3.05) is 13.2 Å². The molecule has 1 unspecified atom stereocenters. The molecule has 1 fully saturated rings. The van der Waals surface area contributed by atoms with Crippen LogP contribution in [0.4, 0.5) is 0 Å². The lowest BCUT2D eigenvalue weighted by Gasteiger charge is -2.33. The van der Waals surface area contributed by atoms with Gasteiger partial charge in [-0.05, 0) is 6.42 Å². The highest BCUT2D eigenvalue weighted by atomic mass is 16.5. The Hall–Kier alpha value is -0.550. The first-order chi connectivity index (χ1) is 4.67. The van der Waals surface area contributed by atoms with Crippen molar-refractivity contribution in [1.82, 2.24) is 0 Å². The van der Waals surface area contributed by atoms with Crippen LogP contribution in [0.5, 0.6) is 0 Å². The summed E-state index contributed by atoms with van der Waals surface area (Å²) in [6.07, 6.45) is 0.892. The van der Waals surface area contributed by atoms with Crippen LogP contribution in [0, 0.1) is 22.7 Å². The first-order valence-corrected chi connectivity index (χ1v) is 3.64. The lowest BCUT2D eigenvalue weighted by molar-refractivity contribution is -0.0126. The Kier molecular flexibility index (Phi) is 1.96. The zero-order valence-electron chi connectivity index (χ0n) is 6.55. The molecule has 0 radical (unpaired) electrons. The Balaban J connectivity index is 2.62. The molecule has 1 aliphatic rings. The number of hydrogen-bond donors (Lipinski definition) is 0. The van der Waals surface area contributed by atoms with Crippen LogP contribution in [0.15, 0.2) is 0 Å². The zero-order valence-corrected chi connectivity index (χ0v) is 6.55. The third-order valence-corrected chi connectivity index (χ3v) is 2.12. The molecule has 2 nitrogen and oxygen atoms in total. The summed E-state index contributed by atoms with van der Waals surface area (Å²) in [4.78, 5) is 0. The third-order valence-electron chi connectivity index (χ3n) is 2.12. The van der Waals surface area contributed by atoms with Crippen LogP contribution < -0.4 is 0 Å². The fourth-order valence-electron chi connectivity index (χ4n) is 1.27. The minimum absolute atomic E-state index is 0.0625. The van der Waals surface area contributed by atoms with E-state index in [9.17, 15) is 0 Å². The molecule has 0 saturated carbocycles. The van der Waals surface area contributed by atoms with E-state index < -0.39 is 0 Å². The maximum absolute atomic E-state index is 8.72. The molecule has 1 atom stereocenters. The molecular formula is C8H13NO. The first kappa shape index (κ1) is 7.56. The van der Waals surface area contributed by atoms with Gasteiger partial charge >= 0.3 is 0 Å². The van der Waals surface area contributed by atoms with Crippen molar-refractivity contribution in [2.24, 2.45) is 11.3 Å². The number of rotatable bonds is 0. The summed E-state index contributed by atoms with van der Waals surface area (Å²) in [5.74, 6) is 0.182. The molecule has 0 aromatic rings. The van der Waals surface area contributed by atoms with Gasteiger partial charge in [-0.3, -0.25) is 0 Å². The average Bonchev–Trinajstić information content (AvgIpc) is 1.87. The van der Waals surface area contributed by atoms with Gasteiger partial charge in [0.15, 0.2) is 0 Å². The Labute approximate surface area is 61.8 Å². The van der Waals surface area contributed by atoms with Gasteiger partial charge < -0.3 is 4.74 Å². The number of ether oxygens (including phenoxy) is 1. The largest absolute Gasteiger partial charge is 0.381 e. The monoisotopic (exact) mass is 139 g/mol. The van der Waals surface area contributed by atoms with Gasteiger partial charge in [0.05, 0.1) is 18.6 Å². The molecule has 0 spiro atoms. The van der Waals surface area contributed by atoms with E-state index in [1.807, 2.05) is 0 Å². The quantitative estimate of drug-likeness (QED) is 0.510. The highest BCUT2D eigenvalue weighted by Crippen LogP contribution is 2.32. The van der Waals surface area contributed by atoms with Crippen LogP contribution in [0.3, 0.4) is 0 Å². The van der Waals surface area contributed by atoms with Crippen LogP contribution in [-0.2, 0) is 4.74 Å². The van der Waals surface area contributed by atoms with E-state index in [-0.39, 0.29) is 11.3 Å². The van der Waals surface area contributed by atoms with Gasteiger partial charge in [-0.15, -0.1) is 0 Å². The van der Waals surface area contributed by atoms with E-state index >= 15 is 0 Å². The molecule has 2 heteroatoms. The van der Waals surface area contributed by atoms with Crippen molar-refractivity contribution in [3.05, 3.63) is 0 Å². The number of nitriles is 1. The SMILES string of the molecule is CC1(C)COCCC1C#N. The molecule has 0 aliphatic carbocycles. The number of nitrogens with zero attached hydrogens (tertiary/aromatic N) is 1. The second kappa shape index (κ2) is 2.59. The second-order valence-corrected chi connectivity index (χ2v) is 3.51. The van der Waals surface area contributed by atoms with Crippen molar-refractivity contribution in [2.45, 2.75) is 20.3 Å². The number of hydrogen-bond acceptors (Lipinski definition) is 2. The van der Waals surface area contributed by atoms with Gasteiger partial charge in [-0.2, -0.15) is 5.26 Å². The van der Waals surface area contributed by atoms with Crippen molar-refractivity contribution < 1.29 is 4.74 Å². The molecule has 10 heavy (non-hydrogen) atoms. The van der Waals surface area contributed by atoms with Gasteiger partial charge in [0.2, 0.25) is 0 Å². The van der Waals surface area contributed by atoms with Crippen molar-refractivity contribution in [3.8, 4) is 6.07 Å². The minimum atomic E-state index is 0.0625. The highest BCUT2D eigenvalue weighted by molar-refractivity contribution is 4.95. The molecule has 1 saturated heterocycles. The van der Waals surface area contributed by atoms with Crippen molar-refractivity contribution >= 4 is 0 Å². The zero-order chi connectivity index (χ0) is 7.61. The van der Waals surface area contributed by atoms with Gasteiger partial charge in [-0.25, -0.2) is 0 Å². The molecular weight excluding hydrogens is 126 g/mol. The summed E-state index contributed by atoms with van der Waals surface area (Å²) in [6.45, 7) is 5.65. The Morgan fingerprint density at radius 2 is 2.30 bits per heavy atom. The normalized spacial score (nSPS) is 31.1. The molecule has 1 rings (SSSR count). The van der Waals surface area contributed by atoms with Crippen LogP contribution in [0.25, 0.3) is 0 Å². The molecule has 0 N–H and O–H groups in total. The molecule has 0 bridgehead atoms. The third kappa shape index (κ3) is 1.30. The maximum atomic E-state index is 8.72. The predicted octanol–water partition coefficient (Wildman–Crippen LogP) is 1.57. The summed E-state index contributed by atoms with van der Waals surface area (Å²) < 4.78 is 5.27. The maximum Gasteiger partial charge on any atom is 0.0663 e. The molecule has 56 valence electrons. The highest BCUT2D eigenvalue weighted by Gasteiger charge is 2.32. The molecule has 0 aromatic heterocycles. The molecule has 0 amide bonds. The van der Waals surface area contributed by atoms with E-state index in [2.05, 4.69) is 19.9 Å². The van der Waals surface area contributed by atoms with Gasteiger partial charge in [0.25, 0.3) is 0 Å². The van der Waals surface area contributed by atoms with Crippen molar-refractivity contribution in [1.29, 1.82) is 5.26 Å². The average molecular weight is 139 g/mol. The van der Waals surface area contributed by atoms with Crippen molar-refractivity contribution in [3.63, 3.8) is 0 Å². The summed E-state index contributed by atoms with van der Waals surface area (Å²) in [5, 5.41) is 8.72. The predicted molar refractivity (Wildman–Crippen MR) is 38.3 cm³/mol. The van der Waals surface area contributed by atoms with E-state index in [4.69, 9.17) is 10.00 Å². The lowest BCUT2D eigenvalue weighted by Crippen LogP contribution is -2.34. The molecule has 0 aromatic carbocycles. The van der Waals surface area contributed by atoms with Crippen LogP contribution in [-0.4, -0.2) is 13.2 Å². The summed E-state index contributed by atoms with van der Waals surface area (Å²) in [7, 11) is 0. The fraction of sp³-hybridized carbons (Fsp3) is 0.875. The summed E-state index contributed by atoms with van der Waals surface area (Å²) in [6, 6.07) is 2.31. The topological polar surface area (TPSA) is 33.0 Å². The Morgan fingerprint density at radius 3 is 2.70 bits per heavy atom. The first-order valence-electron chi connectivity index (χ1n) is 3.64. The second-order valence-electron chi connectivity index (χ2n) is 3.51. The lowest BCUT2D eigenvalue weighted by atomic mass is 9.77. The van der Waals surface area contributed by atoms with Gasteiger partial charge in [0.1, 0.15) is 0 Å². The summed E-state index contributed by atoms with van der Waals surface area (Å²) >= 11 is 0. The van der Waals surface area contributed by atoms with Gasteiger partial charge in [-0.1, -0.05) is 13.8 Å². The smallest absolute Gasteiger partial charge is 0.0663 e. The Bertz CT molecular complexity index is 157. The van der Waals surface area contributed by atoms with E-state index in [0.29, 0.717) is 0 Å². The molecule has 1 aliphatic heterocycles. The molecule has 1 heterocycles. The van der Waals surface area contributed by atoms with E-state index in [1.54, 1.807) is 0 Å². The van der Waals surface area contributed by atoms with Crippen LogP contribution >= 0.6 is 0 Å². The van der Waals surface area contributed by atoms with Crippen LogP contribution in [0.2, 0.25) is 0 Å². The summed E-state index contributed by atoms with van der Waals surface area (Å²) in [5.41, 5.74) is 0.0625. The van der Waals surface area contributed by atoms with E-state index in [0.717, 1.165) is 19.6 Å². The van der Waals surface area contributed by atoms with Crippen LogP contribution in [0.1, 0.15) is 20.3 Å².